The van der Waals surface area contributed by atoms with Crippen molar-refractivity contribution in [3.05, 3.63) is 101 Å². The minimum atomic E-state index is -0.159. The average molecular weight is 357 g/mol. The minimum absolute atomic E-state index is 0.159. The molecule has 2 heterocycles. The van der Waals surface area contributed by atoms with Gasteiger partial charge >= 0.3 is 0 Å². The Morgan fingerprint density at radius 3 is 2.26 bits per heavy atom. The molecule has 6 nitrogen and oxygen atoms in total. The lowest BCUT2D eigenvalue weighted by atomic mass is 10.2. The maximum Gasteiger partial charge on any atom is 0.275 e. The standard InChI is InChI=1S/C21H19N5O/c22-25(14-16-7-3-1-4-8-16)20-19-13-23-12-11-18(19)21(27)26(24-20)15-17-9-5-2-6-10-17/h1-13H,14-15,22H2. The first kappa shape index (κ1) is 16.9. The lowest BCUT2D eigenvalue weighted by Crippen LogP contribution is -2.34. The fourth-order valence-corrected chi connectivity index (χ4v) is 3.04. The molecule has 27 heavy (non-hydrogen) atoms. The second-order valence-electron chi connectivity index (χ2n) is 6.31. The van der Waals surface area contributed by atoms with Crippen LogP contribution in [0.15, 0.2) is 83.9 Å². The Morgan fingerprint density at radius 2 is 1.56 bits per heavy atom. The summed E-state index contributed by atoms with van der Waals surface area (Å²) in [7, 11) is 0. The van der Waals surface area contributed by atoms with Crippen molar-refractivity contribution in [2.24, 2.45) is 5.84 Å². The van der Waals surface area contributed by atoms with E-state index >= 15 is 0 Å². The maximum atomic E-state index is 12.9. The van der Waals surface area contributed by atoms with Gasteiger partial charge in [-0.05, 0) is 17.2 Å². The van der Waals surface area contributed by atoms with Gasteiger partial charge in [0.2, 0.25) is 0 Å². The highest BCUT2D eigenvalue weighted by molar-refractivity contribution is 5.90. The van der Waals surface area contributed by atoms with E-state index in [2.05, 4.69) is 10.1 Å². The number of hydrogen-bond acceptors (Lipinski definition) is 5. The first-order valence-electron chi connectivity index (χ1n) is 8.67. The van der Waals surface area contributed by atoms with E-state index in [0.29, 0.717) is 29.7 Å². The summed E-state index contributed by atoms with van der Waals surface area (Å²) in [4.78, 5) is 17.0. The Balaban J connectivity index is 1.79. The van der Waals surface area contributed by atoms with Crippen LogP contribution in [0.25, 0.3) is 10.8 Å². The quantitative estimate of drug-likeness (QED) is 0.439. The van der Waals surface area contributed by atoms with Crippen LogP contribution >= 0.6 is 0 Å². The van der Waals surface area contributed by atoms with Gasteiger partial charge in [0.15, 0.2) is 5.82 Å². The molecular formula is C21H19N5O. The highest BCUT2D eigenvalue weighted by atomic mass is 16.1. The van der Waals surface area contributed by atoms with Crippen LogP contribution in [-0.2, 0) is 13.1 Å². The first-order valence-corrected chi connectivity index (χ1v) is 8.67. The van der Waals surface area contributed by atoms with E-state index in [1.54, 1.807) is 23.5 Å². The van der Waals surface area contributed by atoms with E-state index < -0.39 is 0 Å². The number of rotatable bonds is 5. The molecule has 0 radical (unpaired) electrons. The maximum absolute atomic E-state index is 12.9. The molecule has 0 unspecified atom stereocenters. The van der Waals surface area contributed by atoms with Gasteiger partial charge in [-0.2, -0.15) is 0 Å². The topological polar surface area (TPSA) is 77.0 Å². The first-order chi connectivity index (χ1) is 13.2. The van der Waals surface area contributed by atoms with Gasteiger partial charge in [0, 0.05) is 12.4 Å². The molecule has 0 aliphatic heterocycles. The molecule has 2 aromatic heterocycles. The van der Waals surface area contributed by atoms with Gasteiger partial charge < -0.3 is 0 Å². The summed E-state index contributed by atoms with van der Waals surface area (Å²) >= 11 is 0. The van der Waals surface area contributed by atoms with Crippen LogP contribution in [-0.4, -0.2) is 14.8 Å². The molecule has 0 aliphatic rings. The third-order valence-electron chi connectivity index (χ3n) is 4.39. The molecule has 2 aromatic carbocycles. The van der Waals surface area contributed by atoms with Gasteiger partial charge in [0.25, 0.3) is 5.56 Å². The summed E-state index contributed by atoms with van der Waals surface area (Å²) in [6.45, 7) is 0.853. The van der Waals surface area contributed by atoms with Crippen molar-refractivity contribution in [2.75, 3.05) is 5.01 Å². The number of anilines is 1. The summed E-state index contributed by atoms with van der Waals surface area (Å²) in [5.74, 6) is 6.86. The Morgan fingerprint density at radius 1 is 0.889 bits per heavy atom. The summed E-state index contributed by atoms with van der Waals surface area (Å²) in [5.41, 5.74) is 1.89. The summed E-state index contributed by atoms with van der Waals surface area (Å²) in [5, 5.41) is 7.31. The smallest absolute Gasteiger partial charge is 0.275 e. The van der Waals surface area contributed by atoms with Crippen LogP contribution in [0, 0.1) is 0 Å². The van der Waals surface area contributed by atoms with Crippen LogP contribution in [0.4, 0.5) is 5.82 Å². The minimum Gasteiger partial charge on any atom is -0.288 e. The van der Waals surface area contributed by atoms with Crippen molar-refractivity contribution >= 4 is 16.6 Å². The summed E-state index contributed by atoms with van der Waals surface area (Å²) in [6, 6.07) is 21.4. The second-order valence-corrected chi connectivity index (χ2v) is 6.31. The Labute approximate surface area is 156 Å². The van der Waals surface area contributed by atoms with E-state index in [4.69, 9.17) is 5.84 Å². The predicted octanol–water partition coefficient (Wildman–Crippen LogP) is 2.72. The van der Waals surface area contributed by atoms with Crippen molar-refractivity contribution in [1.82, 2.24) is 14.8 Å². The lowest BCUT2D eigenvalue weighted by molar-refractivity contribution is 0.636. The van der Waals surface area contributed by atoms with Crippen molar-refractivity contribution < 1.29 is 0 Å². The predicted molar refractivity (Wildman–Crippen MR) is 106 cm³/mol. The van der Waals surface area contributed by atoms with Crippen LogP contribution < -0.4 is 16.4 Å². The summed E-state index contributed by atoms with van der Waals surface area (Å²) < 4.78 is 1.46. The van der Waals surface area contributed by atoms with E-state index in [-0.39, 0.29) is 5.56 Å². The number of hydrazine groups is 1. The molecule has 0 bridgehead atoms. The van der Waals surface area contributed by atoms with Crippen molar-refractivity contribution in [3.63, 3.8) is 0 Å². The fourth-order valence-electron chi connectivity index (χ4n) is 3.04. The number of nitrogens with zero attached hydrogens (tertiary/aromatic N) is 4. The normalized spacial score (nSPS) is 10.9. The number of hydrogen-bond donors (Lipinski definition) is 1. The van der Waals surface area contributed by atoms with Gasteiger partial charge in [-0.1, -0.05) is 60.7 Å². The van der Waals surface area contributed by atoms with Crippen molar-refractivity contribution in [1.29, 1.82) is 0 Å². The van der Waals surface area contributed by atoms with Gasteiger partial charge in [-0.15, -0.1) is 5.10 Å². The Kier molecular flexibility index (Phi) is 4.63. The zero-order chi connectivity index (χ0) is 18.6. The fraction of sp³-hybridized carbons (Fsp3) is 0.0952. The highest BCUT2D eigenvalue weighted by Crippen LogP contribution is 2.21. The van der Waals surface area contributed by atoms with E-state index in [1.807, 2.05) is 60.7 Å². The molecule has 134 valence electrons. The molecule has 4 rings (SSSR count). The molecule has 0 fully saturated rings. The van der Waals surface area contributed by atoms with E-state index in [9.17, 15) is 4.79 Å². The molecule has 0 saturated heterocycles. The van der Waals surface area contributed by atoms with Crippen LogP contribution in [0.5, 0.6) is 0 Å². The van der Waals surface area contributed by atoms with Crippen LogP contribution in [0.3, 0.4) is 0 Å². The molecule has 4 aromatic rings. The molecule has 0 saturated carbocycles. The van der Waals surface area contributed by atoms with Gasteiger partial charge in [-0.3, -0.25) is 14.8 Å². The molecule has 0 amide bonds. The zero-order valence-electron chi connectivity index (χ0n) is 14.7. The molecule has 0 aliphatic carbocycles. The SMILES string of the molecule is NN(Cc1ccccc1)c1nn(Cc2ccccc2)c(=O)c2ccncc12. The number of aromatic nitrogens is 3. The highest BCUT2D eigenvalue weighted by Gasteiger charge is 2.15. The number of nitrogens with two attached hydrogens (primary N) is 1. The van der Waals surface area contributed by atoms with Gasteiger partial charge in [-0.25, -0.2) is 10.5 Å². The third kappa shape index (κ3) is 3.56. The summed E-state index contributed by atoms with van der Waals surface area (Å²) in [6.07, 6.45) is 3.25. The van der Waals surface area contributed by atoms with Crippen molar-refractivity contribution in [3.8, 4) is 0 Å². The molecule has 0 atom stereocenters. The van der Waals surface area contributed by atoms with E-state index in [0.717, 1.165) is 11.1 Å². The third-order valence-corrected chi connectivity index (χ3v) is 4.39. The number of fused-ring (bicyclic) bond motifs is 1. The Bertz CT molecular complexity index is 1110. The van der Waals surface area contributed by atoms with E-state index in [1.165, 1.54) is 4.68 Å². The zero-order valence-corrected chi connectivity index (χ0v) is 14.7. The second kappa shape index (κ2) is 7.39. The van der Waals surface area contributed by atoms with Crippen molar-refractivity contribution in [2.45, 2.75) is 13.1 Å². The van der Waals surface area contributed by atoms with Gasteiger partial charge in [0.1, 0.15) is 0 Å². The number of pyridine rings is 1. The van der Waals surface area contributed by atoms with Gasteiger partial charge in [0.05, 0.1) is 23.9 Å². The molecule has 6 heteroatoms. The number of benzene rings is 2. The monoisotopic (exact) mass is 357 g/mol. The molecule has 0 spiro atoms. The molecular weight excluding hydrogens is 338 g/mol. The lowest BCUT2D eigenvalue weighted by Gasteiger charge is -2.20. The van der Waals surface area contributed by atoms with Crippen LogP contribution in [0.1, 0.15) is 11.1 Å². The average Bonchev–Trinajstić information content (AvgIpc) is 2.71. The molecule has 2 N–H and O–H groups in total. The Hall–Kier alpha value is -3.51. The van der Waals surface area contributed by atoms with Crippen LogP contribution in [0.2, 0.25) is 0 Å². The largest absolute Gasteiger partial charge is 0.288 e.